The van der Waals surface area contributed by atoms with Gasteiger partial charge in [0, 0.05) is 81.3 Å². The van der Waals surface area contributed by atoms with Crippen LogP contribution in [0.15, 0.2) is 179 Å². The largest absolute Gasteiger partial charge is 0.488 e. The number of nitrogens with zero attached hydrogens (tertiary/aromatic N) is 6. The van der Waals surface area contributed by atoms with Crippen molar-refractivity contribution >= 4 is 100 Å². The van der Waals surface area contributed by atoms with Gasteiger partial charge in [-0.2, -0.15) is 0 Å². The van der Waals surface area contributed by atoms with Crippen molar-refractivity contribution in [2.45, 2.75) is 91.6 Å². The number of halogens is 3. The second kappa shape index (κ2) is 32.8. The smallest absolute Gasteiger partial charge is 0.313 e. The van der Waals surface area contributed by atoms with E-state index in [1.807, 2.05) is 167 Å². The number of hydrogen-bond donors (Lipinski definition) is 7. The molecule has 14 rings (SSSR count). The molecule has 6 aromatic carbocycles. The number of aromatic nitrogens is 4. The van der Waals surface area contributed by atoms with Gasteiger partial charge in [-0.1, -0.05) is 72.8 Å². The van der Waals surface area contributed by atoms with E-state index < -0.39 is 69.4 Å². The average molecular weight is 1580 g/mol. The summed E-state index contributed by atoms with van der Waals surface area (Å²) >= 11 is 7.10. The highest BCUT2D eigenvalue weighted by atomic mass is 79.9. The maximum atomic E-state index is 15.4. The molecular weight excluding hydrogens is 1500 g/mol. The quantitative estimate of drug-likeness (QED) is 0.0168. The maximum absolute atomic E-state index is 15.4. The first kappa shape index (κ1) is 76.3. The molecule has 0 bridgehead atoms. The van der Waals surface area contributed by atoms with Crippen molar-refractivity contribution in [3.8, 4) is 28.5 Å². The molecule has 10 aromatic rings. The molecule has 1 unspecified atom stereocenters. The third-order valence-electron chi connectivity index (χ3n) is 20.6. The van der Waals surface area contributed by atoms with Crippen molar-refractivity contribution < 1.29 is 67.7 Å². The van der Waals surface area contributed by atoms with Crippen LogP contribution < -0.4 is 36.4 Å². The number of fused-ring (bicyclic) bond motifs is 3. The number of primary amides is 1. The zero-order chi connectivity index (χ0) is 75.9. The van der Waals surface area contributed by atoms with E-state index in [0.29, 0.717) is 75.5 Å². The van der Waals surface area contributed by atoms with Crippen LogP contribution in [0.4, 0.5) is 4.39 Å². The summed E-state index contributed by atoms with van der Waals surface area (Å²) in [7, 11) is 3.97. The third-order valence-corrected chi connectivity index (χ3v) is 21.9. The molecule has 1 aliphatic heterocycles. The topological polar surface area (TPSA) is 320 Å². The van der Waals surface area contributed by atoms with Crippen LogP contribution in [0.3, 0.4) is 0 Å². The fourth-order valence-corrected chi connectivity index (χ4v) is 15.7. The van der Waals surface area contributed by atoms with Gasteiger partial charge >= 0.3 is 5.97 Å². The Balaban J connectivity index is 0.000000153. The number of rotatable bonds is 24. The molecule has 7 atom stereocenters. The number of carbonyl (C=O) groups is 6. The summed E-state index contributed by atoms with van der Waals surface area (Å²) in [6.07, 6.45) is 6.06. The van der Waals surface area contributed by atoms with E-state index in [9.17, 15) is 34.0 Å². The number of benzene rings is 6. The molecule has 4 aliphatic rings. The molecule has 4 fully saturated rings. The Kier molecular flexibility index (Phi) is 23.4. The highest BCUT2D eigenvalue weighted by Gasteiger charge is 2.66. The number of likely N-dealkylation sites (N-methyl/N-ethyl adjacent to an activating group) is 1. The molecule has 107 heavy (non-hydrogen) atoms. The van der Waals surface area contributed by atoms with Crippen molar-refractivity contribution in [2.24, 2.45) is 39.7 Å². The van der Waals surface area contributed by atoms with Gasteiger partial charge in [-0.3, -0.25) is 59.3 Å². The van der Waals surface area contributed by atoms with E-state index in [4.69, 9.17) is 40.1 Å². The monoisotopic (exact) mass is 1580 g/mol. The van der Waals surface area contributed by atoms with Gasteiger partial charge in [0.25, 0.3) is 0 Å². The Morgan fingerprint density at radius 2 is 1.00 bits per heavy atom. The van der Waals surface area contributed by atoms with Gasteiger partial charge in [0.05, 0.1) is 71.8 Å². The molecule has 5 amide bonds. The van der Waals surface area contributed by atoms with Gasteiger partial charge in [0.2, 0.25) is 29.5 Å². The molecule has 3 aliphatic carbocycles. The lowest BCUT2D eigenvalue weighted by Crippen LogP contribution is -2.41. The molecule has 8 N–H and O–H groups in total. The Bertz CT molecular complexity index is 5040. The summed E-state index contributed by atoms with van der Waals surface area (Å²) in [5, 5.41) is 30.1. The van der Waals surface area contributed by atoms with Gasteiger partial charge in [0.1, 0.15) is 31.3 Å². The van der Waals surface area contributed by atoms with E-state index in [0.717, 1.165) is 98.5 Å². The number of ether oxygens (including phenoxy) is 4. The van der Waals surface area contributed by atoms with Crippen LogP contribution in [0.2, 0.25) is 0 Å². The van der Waals surface area contributed by atoms with Gasteiger partial charge in [-0.15, -0.1) is 0 Å². The summed E-state index contributed by atoms with van der Waals surface area (Å²) in [6, 6.07) is 49.5. The number of pyridine rings is 4. The average Bonchev–Trinajstić information content (AvgIpc) is 1.57. The first-order valence-electron chi connectivity index (χ1n) is 35.0. The molecule has 23 nitrogen and oxygen atoms in total. The number of hydroxylamine groups is 3. The molecular formula is C81H81Br2FN10O13. The van der Waals surface area contributed by atoms with Crippen molar-refractivity contribution in [2.75, 3.05) is 33.8 Å². The number of esters is 1. The van der Waals surface area contributed by atoms with Crippen molar-refractivity contribution in [3.05, 3.63) is 230 Å². The predicted octanol–water partition coefficient (Wildman–Crippen LogP) is 12.2. The van der Waals surface area contributed by atoms with Crippen LogP contribution in [0.25, 0.3) is 44.0 Å². The highest BCUT2D eigenvalue weighted by molar-refractivity contribution is 9.11. The molecule has 1 saturated heterocycles. The van der Waals surface area contributed by atoms with Crippen molar-refractivity contribution in [1.82, 2.24) is 46.2 Å². The molecule has 26 heteroatoms. The van der Waals surface area contributed by atoms with E-state index in [2.05, 4.69) is 51.7 Å². The van der Waals surface area contributed by atoms with Crippen molar-refractivity contribution in [3.63, 3.8) is 0 Å². The number of likely N-dealkylation sites (tertiary alicyclic amines) is 1. The van der Waals surface area contributed by atoms with Crippen LogP contribution in [0, 0.1) is 53.7 Å². The summed E-state index contributed by atoms with van der Waals surface area (Å²) in [4.78, 5) is 96.2. The van der Waals surface area contributed by atoms with Crippen LogP contribution in [0.1, 0.15) is 77.4 Å². The lowest BCUT2D eigenvalue weighted by atomic mass is 9.91. The summed E-state index contributed by atoms with van der Waals surface area (Å²) in [6.45, 7) is 7.94. The Morgan fingerprint density at radius 3 is 1.48 bits per heavy atom. The first-order chi connectivity index (χ1) is 51.5. The maximum Gasteiger partial charge on any atom is 0.313 e. The Hall–Kier alpha value is -10.4. The van der Waals surface area contributed by atoms with E-state index in [1.165, 1.54) is 6.07 Å². The van der Waals surface area contributed by atoms with E-state index in [1.54, 1.807) is 52.8 Å². The zero-order valence-corrected chi connectivity index (χ0v) is 62.7. The molecule has 5 heterocycles. The Labute approximate surface area is 633 Å². The number of para-hydroxylation sites is 3. The molecule has 0 radical (unpaired) electrons. The van der Waals surface area contributed by atoms with Gasteiger partial charge in [0.15, 0.2) is 11.6 Å². The minimum absolute atomic E-state index is 0.0873. The SMILES string of the molecule is CCOC(=O)[C@@]1(Cc2ccc(OCc3cc(C)nc4ccccc34)c(Br)c2)C[C@@H]1C(=O)NO.CN(C)C1CCN(C(=O)[C@@]2(Cc3ccc(OCc4cc(-c5ccncc5)nc5ccccc45)c(F)c3)C[C@@H]2C(=O)NO)C1.Cc1cc(COc2ccc(C[C@]3(C(N)=O)C[C@@H]3C(=O)NO)cc2Br)c2ccccc2n1. The zero-order valence-electron chi connectivity index (χ0n) is 59.5. The molecule has 554 valence electrons. The predicted molar refractivity (Wildman–Crippen MR) is 403 cm³/mol. The first-order valence-corrected chi connectivity index (χ1v) is 36.6. The molecule has 4 aromatic heterocycles. The number of nitrogens with one attached hydrogen (secondary N) is 3. The normalized spacial score (nSPS) is 20.2. The molecule has 3 saturated carbocycles. The van der Waals surface area contributed by atoms with E-state index >= 15 is 4.39 Å². The van der Waals surface area contributed by atoms with Crippen LogP contribution in [-0.2, 0) is 72.6 Å². The third kappa shape index (κ3) is 16.9. The van der Waals surface area contributed by atoms with Gasteiger partial charge in [-0.05, 0) is 213 Å². The number of aryl methyl sites for hydroxylation is 2. The second-order valence-electron chi connectivity index (χ2n) is 27.9. The summed E-state index contributed by atoms with van der Waals surface area (Å²) < 4.78 is 40.2. The second-order valence-corrected chi connectivity index (χ2v) is 29.6. The number of carbonyl (C=O) groups excluding carboxylic acids is 6. The minimum atomic E-state index is -1.01. The fourth-order valence-electron chi connectivity index (χ4n) is 14.6. The van der Waals surface area contributed by atoms with Crippen LogP contribution >= 0.6 is 31.9 Å². The van der Waals surface area contributed by atoms with Gasteiger partial charge in [-0.25, -0.2) is 25.8 Å². The Morgan fingerprint density at radius 1 is 0.570 bits per heavy atom. The fraction of sp³-hybridized carbons (Fsp3) is 0.309. The number of amides is 5. The lowest BCUT2D eigenvalue weighted by Gasteiger charge is -2.25. The van der Waals surface area contributed by atoms with Crippen molar-refractivity contribution in [1.29, 1.82) is 0 Å². The number of nitrogens with two attached hydrogens (primary N) is 1. The van der Waals surface area contributed by atoms with Gasteiger partial charge < -0.3 is 34.5 Å². The van der Waals surface area contributed by atoms with E-state index in [-0.39, 0.29) is 37.3 Å². The minimum Gasteiger partial charge on any atom is -0.488 e. The number of hydrogen-bond acceptors (Lipinski definition) is 18. The standard InChI is InChI=1S/C33H34FN5O4.C25H25BrN2O5.C23H22BrN3O4/c1-38(2)24-11-14-39(19-24)32(41)33(18-26(33)31(40)37-42)17-21-7-8-30(27(34)15-21)43-20-23-16-29(22-9-12-35-13-10-22)36-28-6-4-3-5-25(23)28;1-3-32-24(30)25(13-19(25)23(29)28-31)12-16-8-9-22(20(26)11-16)33-14-17-10-15(2)27-21-7-5-4-6-18(17)21;1-13-8-15(16-4-2-3-5-19(16)26-13)12-31-20-7-6-14(9-18(20)24)10-23(22(25)29)11-17(23)21(28)27-30/h3-10,12-13,15-16,24,26,42H,11,14,17-20H2,1-2H3,(H,37,40);4-11,19,31H,3,12-14H2,1-2H3,(H,28,29);2-9,17,30H,10-12H2,1H3,(H2,25,29)(H,27,28)/t24?,26-,33+;19-,25+;17-,23+/m111/s1. The summed E-state index contributed by atoms with van der Waals surface area (Å²) in [5.74, 6) is -3.86. The van der Waals surface area contributed by atoms with Crippen LogP contribution in [0.5, 0.6) is 17.2 Å². The lowest BCUT2D eigenvalue weighted by molar-refractivity contribution is -0.152. The molecule has 0 spiro atoms. The summed E-state index contributed by atoms with van der Waals surface area (Å²) in [5.41, 5.74) is 19.0. The van der Waals surface area contributed by atoms with Crippen LogP contribution in [-0.4, -0.2) is 121 Å². The highest BCUT2D eigenvalue weighted by Crippen LogP contribution is 2.58.